The average molecular weight is 232 g/mol. The number of nitrogens with two attached hydrogens (primary N) is 1. The first-order valence-electron chi connectivity index (χ1n) is 5.53. The molecule has 0 aliphatic heterocycles. The monoisotopic (exact) mass is 232 g/mol. The van der Waals surface area contributed by atoms with E-state index in [1.165, 1.54) is 7.11 Å². The van der Waals surface area contributed by atoms with Crippen LogP contribution in [0.5, 0.6) is 0 Å². The van der Waals surface area contributed by atoms with Gasteiger partial charge in [0, 0.05) is 23.0 Å². The van der Waals surface area contributed by atoms with Crippen molar-refractivity contribution in [2.45, 2.75) is 19.4 Å². The van der Waals surface area contributed by atoms with Crippen LogP contribution in [0, 0.1) is 6.92 Å². The number of benzene rings is 1. The van der Waals surface area contributed by atoms with Crippen LogP contribution in [-0.4, -0.2) is 24.1 Å². The minimum atomic E-state index is -0.613. The average Bonchev–Trinajstić information content (AvgIpc) is 2.65. The topological polar surface area (TPSA) is 68.1 Å². The largest absolute Gasteiger partial charge is 0.468 e. The van der Waals surface area contributed by atoms with E-state index < -0.39 is 6.04 Å². The third kappa shape index (κ3) is 2.17. The lowest BCUT2D eigenvalue weighted by Crippen LogP contribution is -2.33. The summed E-state index contributed by atoms with van der Waals surface area (Å²) in [6.45, 7) is 1.99. The number of rotatable bonds is 3. The Kier molecular flexibility index (Phi) is 3.15. The van der Waals surface area contributed by atoms with Crippen molar-refractivity contribution >= 4 is 16.9 Å². The number of esters is 1. The summed E-state index contributed by atoms with van der Waals surface area (Å²) in [5.41, 5.74) is 8.99. The van der Waals surface area contributed by atoms with E-state index in [0.717, 1.165) is 22.2 Å². The molecule has 0 spiro atoms. The number of para-hydroxylation sites is 1. The van der Waals surface area contributed by atoms with Gasteiger partial charge < -0.3 is 15.5 Å². The molecule has 90 valence electrons. The van der Waals surface area contributed by atoms with E-state index in [4.69, 9.17) is 5.73 Å². The molecule has 0 saturated heterocycles. The Labute approximate surface area is 99.8 Å². The Balaban J connectivity index is 2.35. The SMILES string of the molecule is COC(=O)[C@@H](N)Cc1c(C)[nH]c2ccccc12. The maximum Gasteiger partial charge on any atom is 0.322 e. The summed E-state index contributed by atoms with van der Waals surface area (Å²) in [5, 5.41) is 1.12. The zero-order chi connectivity index (χ0) is 12.4. The molecular formula is C13H16N2O2. The second-order valence-corrected chi connectivity index (χ2v) is 4.11. The van der Waals surface area contributed by atoms with Gasteiger partial charge in [-0.25, -0.2) is 0 Å². The molecule has 0 fully saturated rings. The van der Waals surface area contributed by atoms with E-state index in [1.54, 1.807) is 0 Å². The van der Waals surface area contributed by atoms with Gasteiger partial charge in [0.2, 0.25) is 0 Å². The minimum Gasteiger partial charge on any atom is -0.468 e. The predicted octanol–water partition coefficient (Wildman–Crippen LogP) is 1.52. The highest BCUT2D eigenvalue weighted by atomic mass is 16.5. The molecule has 0 aliphatic rings. The van der Waals surface area contributed by atoms with E-state index in [-0.39, 0.29) is 5.97 Å². The molecule has 1 heterocycles. The van der Waals surface area contributed by atoms with Crippen molar-refractivity contribution in [2.75, 3.05) is 7.11 Å². The van der Waals surface area contributed by atoms with Gasteiger partial charge in [-0.3, -0.25) is 4.79 Å². The predicted molar refractivity (Wildman–Crippen MR) is 66.7 cm³/mol. The summed E-state index contributed by atoms with van der Waals surface area (Å²) in [6.07, 6.45) is 0.489. The molecule has 4 nitrogen and oxygen atoms in total. The van der Waals surface area contributed by atoms with Gasteiger partial charge in [0.05, 0.1) is 7.11 Å². The Morgan fingerprint density at radius 2 is 2.18 bits per heavy atom. The van der Waals surface area contributed by atoms with Crippen LogP contribution in [0.3, 0.4) is 0 Å². The van der Waals surface area contributed by atoms with Gasteiger partial charge in [-0.2, -0.15) is 0 Å². The molecule has 0 bridgehead atoms. The lowest BCUT2D eigenvalue weighted by molar-refractivity contribution is -0.142. The number of nitrogens with one attached hydrogen (secondary N) is 1. The standard InChI is InChI=1S/C13H16N2O2/c1-8-10(7-11(14)13(16)17-2)9-5-3-4-6-12(9)15-8/h3-6,11,15H,7,14H2,1-2H3/t11-/m0/s1. The Bertz CT molecular complexity index is 545. The third-order valence-corrected chi connectivity index (χ3v) is 2.95. The molecule has 1 aromatic carbocycles. The first-order chi connectivity index (χ1) is 8.13. The Hall–Kier alpha value is -1.81. The van der Waals surface area contributed by atoms with Gasteiger partial charge >= 0.3 is 5.97 Å². The Morgan fingerprint density at radius 3 is 2.88 bits per heavy atom. The number of hydrogen-bond donors (Lipinski definition) is 2. The number of carbonyl (C=O) groups is 1. The number of methoxy groups -OCH3 is 1. The van der Waals surface area contributed by atoms with Crippen molar-refractivity contribution < 1.29 is 9.53 Å². The van der Waals surface area contributed by atoms with E-state index in [2.05, 4.69) is 9.72 Å². The quantitative estimate of drug-likeness (QED) is 0.788. The second-order valence-electron chi connectivity index (χ2n) is 4.11. The first-order valence-corrected chi connectivity index (χ1v) is 5.53. The number of ether oxygens (including phenoxy) is 1. The summed E-state index contributed by atoms with van der Waals surface area (Å²) >= 11 is 0. The van der Waals surface area contributed by atoms with Crippen molar-refractivity contribution in [3.63, 3.8) is 0 Å². The lowest BCUT2D eigenvalue weighted by Gasteiger charge is -2.09. The van der Waals surface area contributed by atoms with Crippen molar-refractivity contribution in [1.82, 2.24) is 4.98 Å². The fraction of sp³-hybridized carbons (Fsp3) is 0.308. The number of H-pyrrole nitrogens is 1. The highest BCUT2D eigenvalue weighted by Crippen LogP contribution is 2.22. The zero-order valence-electron chi connectivity index (χ0n) is 9.99. The van der Waals surface area contributed by atoms with Gasteiger partial charge in [-0.15, -0.1) is 0 Å². The Morgan fingerprint density at radius 1 is 1.47 bits per heavy atom. The maximum absolute atomic E-state index is 11.3. The molecule has 3 N–H and O–H groups in total. The molecule has 0 aliphatic carbocycles. The normalized spacial score (nSPS) is 12.6. The molecule has 0 saturated carbocycles. The molecule has 4 heteroatoms. The summed E-state index contributed by atoms with van der Waals surface area (Å²) in [5.74, 6) is -0.380. The van der Waals surface area contributed by atoms with Crippen LogP contribution in [0.1, 0.15) is 11.3 Å². The fourth-order valence-corrected chi connectivity index (χ4v) is 2.05. The van der Waals surface area contributed by atoms with Gasteiger partial charge in [-0.1, -0.05) is 18.2 Å². The minimum absolute atomic E-state index is 0.380. The number of aromatic amines is 1. The molecule has 0 amide bonds. The number of aromatic nitrogens is 1. The molecule has 2 rings (SSSR count). The van der Waals surface area contributed by atoms with Gasteiger partial charge in [0.1, 0.15) is 6.04 Å². The van der Waals surface area contributed by atoms with Crippen molar-refractivity contribution in [1.29, 1.82) is 0 Å². The first kappa shape index (κ1) is 11.7. The summed E-state index contributed by atoms with van der Waals surface area (Å²) in [7, 11) is 1.35. The van der Waals surface area contributed by atoms with Crippen LogP contribution >= 0.6 is 0 Å². The molecular weight excluding hydrogens is 216 g/mol. The number of hydrogen-bond acceptors (Lipinski definition) is 3. The van der Waals surface area contributed by atoms with Gasteiger partial charge in [0.25, 0.3) is 0 Å². The number of fused-ring (bicyclic) bond motifs is 1. The van der Waals surface area contributed by atoms with Crippen molar-refractivity contribution in [3.8, 4) is 0 Å². The number of carbonyl (C=O) groups excluding carboxylic acids is 1. The molecule has 1 aromatic heterocycles. The van der Waals surface area contributed by atoms with E-state index in [1.807, 2.05) is 31.2 Å². The van der Waals surface area contributed by atoms with E-state index in [0.29, 0.717) is 6.42 Å². The van der Waals surface area contributed by atoms with E-state index >= 15 is 0 Å². The van der Waals surface area contributed by atoms with Gasteiger partial charge in [-0.05, 0) is 18.6 Å². The van der Waals surface area contributed by atoms with Crippen molar-refractivity contribution in [2.24, 2.45) is 5.73 Å². The van der Waals surface area contributed by atoms with Crippen LogP contribution < -0.4 is 5.73 Å². The fourth-order valence-electron chi connectivity index (χ4n) is 2.05. The van der Waals surface area contributed by atoms with Crippen molar-refractivity contribution in [3.05, 3.63) is 35.5 Å². The van der Waals surface area contributed by atoms with Crippen LogP contribution in [-0.2, 0) is 16.0 Å². The molecule has 2 aromatic rings. The number of aryl methyl sites for hydroxylation is 1. The van der Waals surface area contributed by atoms with E-state index in [9.17, 15) is 4.79 Å². The maximum atomic E-state index is 11.3. The summed E-state index contributed by atoms with van der Waals surface area (Å²) in [6, 6.07) is 7.37. The van der Waals surface area contributed by atoms with Crippen LogP contribution in [0.2, 0.25) is 0 Å². The lowest BCUT2D eigenvalue weighted by atomic mass is 10.0. The van der Waals surface area contributed by atoms with Crippen LogP contribution in [0.15, 0.2) is 24.3 Å². The summed E-state index contributed by atoms with van der Waals surface area (Å²) in [4.78, 5) is 14.6. The molecule has 0 unspecified atom stereocenters. The highest BCUT2D eigenvalue weighted by molar-refractivity contribution is 5.85. The second kappa shape index (κ2) is 4.59. The highest BCUT2D eigenvalue weighted by Gasteiger charge is 2.18. The molecule has 17 heavy (non-hydrogen) atoms. The smallest absolute Gasteiger partial charge is 0.322 e. The zero-order valence-corrected chi connectivity index (χ0v) is 9.99. The summed E-state index contributed by atoms with van der Waals surface area (Å²) < 4.78 is 4.64. The van der Waals surface area contributed by atoms with Gasteiger partial charge in [0.15, 0.2) is 0 Å². The third-order valence-electron chi connectivity index (χ3n) is 2.95. The van der Waals surface area contributed by atoms with Crippen LogP contribution in [0.25, 0.3) is 10.9 Å². The molecule has 1 atom stereocenters. The van der Waals surface area contributed by atoms with Crippen LogP contribution in [0.4, 0.5) is 0 Å². The molecule has 0 radical (unpaired) electrons.